The van der Waals surface area contributed by atoms with Crippen LogP contribution in [-0.2, 0) is 11.3 Å². The standard InChI is InChI=1S/C12H17N3O2S/c1-12(7-17-8-12)6-13-5-9-10(16-2)14-11-15(9)3-4-18-11/h3-4,13H,5-8H2,1-2H3. The number of hydrogen-bond acceptors (Lipinski definition) is 5. The topological polar surface area (TPSA) is 47.8 Å². The minimum atomic E-state index is 0.283. The van der Waals surface area contributed by atoms with Crippen LogP contribution in [0.4, 0.5) is 0 Å². The summed E-state index contributed by atoms with van der Waals surface area (Å²) < 4.78 is 12.6. The summed E-state index contributed by atoms with van der Waals surface area (Å²) in [4.78, 5) is 5.41. The van der Waals surface area contributed by atoms with Crippen LogP contribution in [0.25, 0.3) is 4.96 Å². The number of ether oxygens (including phenoxy) is 2. The first-order valence-corrected chi connectivity index (χ1v) is 6.87. The number of fused-ring (bicyclic) bond motifs is 1. The maximum Gasteiger partial charge on any atom is 0.237 e. The number of hydrogen-bond donors (Lipinski definition) is 1. The van der Waals surface area contributed by atoms with E-state index in [9.17, 15) is 0 Å². The smallest absolute Gasteiger partial charge is 0.237 e. The van der Waals surface area contributed by atoms with Crippen molar-refractivity contribution >= 4 is 16.3 Å². The number of nitrogens with one attached hydrogen (secondary N) is 1. The summed E-state index contributed by atoms with van der Waals surface area (Å²) in [6.07, 6.45) is 2.03. The lowest BCUT2D eigenvalue weighted by molar-refractivity contribution is -0.0992. The van der Waals surface area contributed by atoms with Crippen LogP contribution in [0.15, 0.2) is 11.6 Å². The van der Waals surface area contributed by atoms with Gasteiger partial charge in [-0.1, -0.05) is 6.92 Å². The van der Waals surface area contributed by atoms with Gasteiger partial charge in [-0.2, -0.15) is 4.98 Å². The van der Waals surface area contributed by atoms with E-state index in [1.54, 1.807) is 18.4 Å². The number of imidazole rings is 1. The van der Waals surface area contributed by atoms with E-state index in [-0.39, 0.29) is 5.41 Å². The third-order valence-electron chi connectivity index (χ3n) is 3.26. The predicted octanol–water partition coefficient (Wildman–Crippen LogP) is 1.53. The van der Waals surface area contributed by atoms with Gasteiger partial charge >= 0.3 is 0 Å². The fourth-order valence-electron chi connectivity index (χ4n) is 2.17. The van der Waals surface area contributed by atoms with Gasteiger partial charge in [0.05, 0.1) is 20.3 Å². The van der Waals surface area contributed by atoms with E-state index >= 15 is 0 Å². The third kappa shape index (κ3) is 2.00. The van der Waals surface area contributed by atoms with Crippen LogP contribution in [0.1, 0.15) is 12.6 Å². The van der Waals surface area contributed by atoms with Gasteiger partial charge in [-0.15, -0.1) is 11.3 Å². The zero-order chi connectivity index (χ0) is 12.6. The molecule has 1 N–H and O–H groups in total. The minimum absolute atomic E-state index is 0.283. The first-order valence-electron chi connectivity index (χ1n) is 5.99. The summed E-state index contributed by atoms with van der Waals surface area (Å²) in [5, 5.41) is 5.50. The first-order chi connectivity index (χ1) is 8.72. The average Bonchev–Trinajstić information content (AvgIpc) is 2.88. The highest BCUT2D eigenvalue weighted by Gasteiger charge is 2.32. The van der Waals surface area contributed by atoms with Crippen molar-refractivity contribution in [3.05, 3.63) is 17.3 Å². The Morgan fingerprint density at radius 1 is 1.61 bits per heavy atom. The van der Waals surface area contributed by atoms with E-state index < -0.39 is 0 Å². The second-order valence-electron chi connectivity index (χ2n) is 5.03. The molecule has 1 aliphatic rings. The van der Waals surface area contributed by atoms with Crippen LogP contribution < -0.4 is 10.1 Å². The summed E-state index contributed by atoms with van der Waals surface area (Å²) in [5.74, 6) is 0.712. The fourth-order valence-corrected chi connectivity index (χ4v) is 2.90. The molecule has 0 aliphatic carbocycles. The zero-order valence-corrected chi connectivity index (χ0v) is 11.4. The number of thiazole rings is 1. The molecule has 0 unspecified atom stereocenters. The highest BCUT2D eigenvalue weighted by atomic mass is 32.1. The van der Waals surface area contributed by atoms with Crippen molar-refractivity contribution < 1.29 is 9.47 Å². The van der Waals surface area contributed by atoms with Crippen LogP contribution in [-0.4, -0.2) is 36.3 Å². The Bertz CT molecular complexity index is 545. The van der Waals surface area contributed by atoms with Crippen molar-refractivity contribution in [3.63, 3.8) is 0 Å². The Morgan fingerprint density at radius 3 is 3.11 bits per heavy atom. The number of aromatic nitrogens is 2. The molecule has 0 spiro atoms. The van der Waals surface area contributed by atoms with E-state index in [0.29, 0.717) is 5.88 Å². The van der Waals surface area contributed by atoms with Crippen molar-refractivity contribution in [2.45, 2.75) is 13.5 Å². The molecule has 98 valence electrons. The van der Waals surface area contributed by atoms with Crippen LogP contribution in [0, 0.1) is 5.41 Å². The molecule has 0 amide bonds. The van der Waals surface area contributed by atoms with Gasteiger partial charge in [-0.25, -0.2) is 0 Å². The first kappa shape index (κ1) is 12.0. The lowest BCUT2D eigenvalue weighted by atomic mass is 9.89. The Kier molecular flexibility index (Phi) is 3.01. The third-order valence-corrected chi connectivity index (χ3v) is 4.02. The van der Waals surface area contributed by atoms with Gasteiger partial charge in [-0.3, -0.25) is 4.40 Å². The lowest BCUT2D eigenvalue weighted by Gasteiger charge is -2.38. The van der Waals surface area contributed by atoms with E-state index in [4.69, 9.17) is 9.47 Å². The van der Waals surface area contributed by atoms with Gasteiger partial charge in [0, 0.05) is 30.1 Å². The van der Waals surface area contributed by atoms with Gasteiger partial charge in [0.1, 0.15) is 5.69 Å². The monoisotopic (exact) mass is 267 g/mol. The van der Waals surface area contributed by atoms with Gasteiger partial charge in [0.2, 0.25) is 5.88 Å². The van der Waals surface area contributed by atoms with E-state index in [1.807, 2.05) is 11.6 Å². The zero-order valence-electron chi connectivity index (χ0n) is 10.6. The highest BCUT2D eigenvalue weighted by Crippen LogP contribution is 2.26. The lowest BCUT2D eigenvalue weighted by Crippen LogP contribution is -2.47. The maximum atomic E-state index is 5.32. The molecule has 3 heterocycles. The summed E-state index contributed by atoms with van der Waals surface area (Å²) in [5.41, 5.74) is 1.36. The molecular formula is C12H17N3O2S. The molecule has 0 atom stereocenters. The van der Waals surface area contributed by atoms with Crippen LogP contribution in [0.5, 0.6) is 5.88 Å². The molecule has 5 nitrogen and oxygen atoms in total. The SMILES string of the molecule is COc1nc2sccn2c1CNCC1(C)COC1. The summed E-state index contributed by atoms with van der Waals surface area (Å²) in [7, 11) is 1.66. The molecule has 2 aromatic heterocycles. The van der Waals surface area contributed by atoms with Crippen LogP contribution in [0.3, 0.4) is 0 Å². The van der Waals surface area contributed by atoms with Crippen LogP contribution >= 0.6 is 11.3 Å². The van der Waals surface area contributed by atoms with Crippen molar-refractivity contribution in [1.29, 1.82) is 0 Å². The number of methoxy groups -OCH3 is 1. The van der Waals surface area contributed by atoms with Gasteiger partial charge in [0.15, 0.2) is 4.96 Å². The Hall–Kier alpha value is -1.11. The Labute approximate surface area is 110 Å². The summed E-state index contributed by atoms with van der Waals surface area (Å²) in [6.45, 7) is 5.64. The van der Waals surface area contributed by atoms with E-state index in [2.05, 4.69) is 21.6 Å². The maximum absolute atomic E-state index is 5.32. The average molecular weight is 267 g/mol. The predicted molar refractivity (Wildman–Crippen MR) is 70.3 cm³/mol. The van der Waals surface area contributed by atoms with E-state index in [1.165, 1.54) is 0 Å². The van der Waals surface area contributed by atoms with Crippen LogP contribution in [0.2, 0.25) is 0 Å². The normalized spacial score (nSPS) is 17.9. The fraction of sp³-hybridized carbons (Fsp3) is 0.583. The molecule has 3 rings (SSSR count). The molecule has 18 heavy (non-hydrogen) atoms. The van der Waals surface area contributed by atoms with Crippen molar-refractivity contribution in [3.8, 4) is 5.88 Å². The Balaban J connectivity index is 1.70. The van der Waals surface area contributed by atoms with Gasteiger partial charge in [-0.05, 0) is 0 Å². The number of rotatable bonds is 5. The molecule has 0 radical (unpaired) electrons. The summed E-state index contributed by atoms with van der Waals surface area (Å²) >= 11 is 1.62. The highest BCUT2D eigenvalue weighted by molar-refractivity contribution is 7.15. The second kappa shape index (κ2) is 4.53. The minimum Gasteiger partial charge on any atom is -0.480 e. The van der Waals surface area contributed by atoms with E-state index in [0.717, 1.165) is 37.0 Å². The molecule has 0 saturated carbocycles. The molecule has 1 aliphatic heterocycles. The van der Waals surface area contributed by atoms with Crippen molar-refractivity contribution in [1.82, 2.24) is 14.7 Å². The molecular weight excluding hydrogens is 250 g/mol. The number of nitrogens with zero attached hydrogens (tertiary/aromatic N) is 2. The molecule has 6 heteroatoms. The van der Waals surface area contributed by atoms with Gasteiger partial charge in [0.25, 0.3) is 0 Å². The quantitative estimate of drug-likeness (QED) is 0.892. The van der Waals surface area contributed by atoms with Crippen molar-refractivity contribution in [2.24, 2.45) is 5.41 Å². The van der Waals surface area contributed by atoms with Crippen molar-refractivity contribution in [2.75, 3.05) is 26.9 Å². The second-order valence-corrected chi connectivity index (χ2v) is 5.90. The van der Waals surface area contributed by atoms with Gasteiger partial charge < -0.3 is 14.8 Å². The molecule has 1 fully saturated rings. The molecule has 2 aromatic rings. The largest absolute Gasteiger partial charge is 0.480 e. The molecule has 0 bridgehead atoms. The molecule has 0 aromatic carbocycles. The molecule has 1 saturated heterocycles. The summed E-state index contributed by atoms with van der Waals surface area (Å²) in [6, 6.07) is 0. The Morgan fingerprint density at radius 2 is 2.44 bits per heavy atom.